The lowest BCUT2D eigenvalue weighted by molar-refractivity contribution is -0.301. The average molecular weight is 735 g/mol. The van der Waals surface area contributed by atoms with Crippen LogP contribution in [0.15, 0.2) is 36.5 Å². The van der Waals surface area contributed by atoms with E-state index in [1.807, 2.05) is 0 Å². The van der Waals surface area contributed by atoms with E-state index in [-0.39, 0.29) is 19.6 Å². The number of hydrogen-bond acceptors (Lipinski definition) is 11. The van der Waals surface area contributed by atoms with Crippen molar-refractivity contribution in [3.05, 3.63) is 36.5 Å². The maximum atomic E-state index is 12.6. The first kappa shape index (κ1) is 46.3. The lowest BCUT2D eigenvalue weighted by Gasteiger charge is -2.41. The van der Waals surface area contributed by atoms with Gasteiger partial charge in [-0.2, -0.15) is 8.42 Å². The number of unbranched alkanes of at least 4 members (excludes halogenated alkanes) is 12. The molecule has 0 aromatic heterocycles. The van der Waals surface area contributed by atoms with Gasteiger partial charge in [-0.05, 0) is 44.9 Å². The third-order valence-electron chi connectivity index (χ3n) is 8.28. The van der Waals surface area contributed by atoms with Gasteiger partial charge in [-0.1, -0.05) is 115 Å². The van der Waals surface area contributed by atoms with Gasteiger partial charge in [0.2, 0.25) is 0 Å². The van der Waals surface area contributed by atoms with Crippen LogP contribution in [0.4, 0.5) is 0 Å². The van der Waals surface area contributed by atoms with Crippen molar-refractivity contribution in [1.29, 1.82) is 0 Å². The summed E-state index contributed by atoms with van der Waals surface area (Å²) < 4.78 is 58.5. The zero-order valence-corrected chi connectivity index (χ0v) is 31.3. The van der Waals surface area contributed by atoms with E-state index in [0.717, 1.165) is 70.6 Å². The highest BCUT2D eigenvalue weighted by Gasteiger charge is 2.48. The monoisotopic (exact) mass is 734 g/mol. The third kappa shape index (κ3) is 23.7. The van der Waals surface area contributed by atoms with Crippen molar-refractivity contribution in [2.45, 2.75) is 166 Å². The van der Waals surface area contributed by atoms with Crippen molar-refractivity contribution in [2.75, 3.05) is 26.4 Å². The first-order valence-electron chi connectivity index (χ1n) is 18.7. The lowest BCUT2D eigenvalue weighted by atomic mass is 9.99. The van der Waals surface area contributed by atoms with Crippen LogP contribution in [0.1, 0.15) is 129 Å². The van der Waals surface area contributed by atoms with Crippen LogP contribution >= 0.6 is 0 Å². The van der Waals surface area contributed by atoms with Crippen LogP contribution in [0.3, 0.4) is 0 Å². The number of aliphatic hydroxyl groups is 3. The zero-order valence-electron chi connectivity index (χ0n) is 30.4. The summed E-state index contributed by atoms with van der Waals surface area (Å²) in [5.74, 6) is -0.417. The van der Waals surface area contributed by atoms with E-state index < -0.39 is 59.8 Å². The van der Waals surface area contributed by atoms with Gasteiger partial charge in [-0.15, -0.1) is 0 Å². The Bertz CT molecular complexity index is 1030. The summed E-state index contributed by atoms with van der Waals surface area (Å²) in [5, 5.41) is 30.4. The van der Waals surface area contributed by atoms with Crippen molar-refractivity contribution < 1.29 is 56.2 Å². The van der Waals surface area contributed by atoms with Gasteiger partial charge < -0.3 is 34.3 Å². The maximum absolute atomic E-state index is 12.6. The molecule has 1 fully saturated rings. The summed E-state index contributed by atoms with van der Waals surface area (Å²) in [6.45, 7) is 3.73. The number of hydrogen-bond donors (Lipinski definition) is 4. The van der Waals surface area contributed by atoms with Crippen LogP contribution in [-0.4, -0.2) is 97.5 Å². The highest BCUT2D eigenvalue weighted by molar-refractivity contribution is 7.80. The Kier molecular flexibility index (Phi) is 27.7. The topological polar surface area (TPSA) is 178 Å². The van der Waals surface area contributed by atoms with Gasteiger partial charge in [0.25, 0.3) is 0 Å². The van der Waals surface area contributed by atoms with Gasteiger partial charge in [-0.25, -0.2) is 4.18 Å². The molecule has 1 aliphatic rings. The fourth-order valence-electron chi connectivity index (χ4n) is 5.45. The van der Waals surface area contributed by atoms with E-state index in [0.29, 0.717) is 13.0 Å². The Hall–Kier alpha value is -1.68. The summed E-state index contributed by atoms with van der Waals surface area (Å²) in [6.07, 6.45) is 22.4. The predicted octanol–water partition coefficient (Wildman–Crippen LogP) is 6.29. The molecular weight excluding hydrogens is 668 g/mol. The van der Waals surface area contributed by atoms with E-state index in [9.17, 15) is 28.5 Å². The third-order valence-corrected chi connectivity index (χ3v) is 8.74. The van der Waals surface area contributed by atoms with E-state index in [1.54, 1.807) is 0 Å². The van der Waals surface area contributed by atoms with Crippen LogP contribution in [-0.2, 0) is 38.3 Å². The summed E-state index contributed by atoms with van der Waals surface area (Å²) >= 11 is 0. The molecule has 1 rings (SSSR count). The second-order valence-electron chi connectivity index (χ2n) is 12.8. The molecule has 1 saturated heterocycles. The van der Waals surface area contributed by atoms with Crippen LogP contribution in [0.2, 0.25) is 0 Å². The largest absolute Gasteiger partial charge is 0.457 e. The predicted molar refractivity (Wildman–Crippen MR) is 193 cm³/mol. The normalized spacial score (nSPS) is 22.2. The Morgan fingerprint density at radius 1 is 0.780 bits per heavy atom. The van der Waals surface area contributed by atoms with Gasteiger partial charge in [0, 0.05) is 13.0 Å². The fraction of sp³-hybridized carbons (Fsp3) is 0.811. The molecule has 0 aliphatic carbocycles. The van der Waals surface area contributed by atoms with E-state index in [2.05, 4.69) is 54.5 Å². The molecule has 6 atom stereocenters. The molecule has 292 valence electrons. The molecule has 1 aliphatic heterocycles. The van der Waals surface area contributed by atoms with E-state index >= 15 is 0 Å². The highest BCUT2D eigenvalue weighted by Crippen LogP contribution is 2.26. The molecule has 12 nitrogen and oxygen atoms in total. The van der Waals surface area contributed by atoms with Crippen LogP contribution in [0.5, 0.6) is 0 Å². The number of allylic oxidation sites excluding steroid dienone is 6. The molecule has 0 aromatic rings. The van der Waals surface area contributed by atoms with Gasteiger partial charge in [-0.3, -0.25) is 9.35 Å². The summed E-state index contributed by atoms with van der Waals surface area (Å²) in [4.78, 5) is 12.6. The Labute approximate surface area is 301 Å². The van der Waals surface area contributed by atoms with E-state index in [1.165, 1.54) is 32.1 Å². The minimum atomic E-state index is -5.05. The highest BCUT2D eigenvalue weighted by atomic mass is 32.3. The maximum Gasteiger partial charge on any atom is 0.397 e. The molecule has 0 spiro atoms. The lowest BCUT2D eigenvalue weighted by Crippen LogP contribution is -2.60. The molecule has 0 amide bonds. The summed E-state index contributed by atoms with van der Waals surface area (Å²) in [5.41, 5.74) is 0. The number of rotatable bonds is 31. The molecule has 0 saturated carbocycles. The Balaban J connectivity index is 2.39. The molecule has 4 N–H and O–H groups in total. The number of carbonyl (C=O) groups excluding carboxylic acids is 1. The standard InChI is InChI=1S/C37H66O12S/c1-3-5-7-9-10-11-12-13-14-15-16-17-18-19-20-21-23-25-27-45-29-31(47-33(39)26-24-22-8-6-4-2)30-46-37-35(41)36(49-50(42,43)44)34(40)32(28-38)48-37/h5,7,10-11,13-14,31-32,34-38,40-41H,3-4,6,8-9,12,15-30H2,1-2H3,(H,42,43,44)/b7-5-,11-10-,14-13-. The average Bonchev–Trinajstić information content (AvgIpc) is 3.08. The summed E-state index contributed by atoms with van der Waals surface area (Å²) in [6, 6.07) is 0. The molecular formula is C37H66O12S. The van der Waals surface area contributed by atoms with Crippen molar-refractivity contribution in [2.24, 2.45) is 0 Å². The minimum absolute atomic E-state index is 0.0302. The van der Waals surface area contributed by atoms with Crippen molar-refractivity contribution in [3.63, 3.8) is 0 Å². The van der Waals surface area contributed by atoms with E-state index in [4.69, 9.17) is 23.5 Å². The first-order chi connectivity index (χ1) is 24.1. The van der Waals surface area contributed by atoms with Crippen molar-refractivity contribution in [3.8, 4) is 0 Å². The Morgan fingerprint density at radius 2 is 1.38 bits per heavy atom. The SMILES string of the molecule is CC/C=C\C/C=C\C/C=C\CCCCCCCCCCOCC(COC1OC(CO)C(O)C(OS(=O)(=O)O)C1O)OC(=O)CCCCCCC. The van der Waals surface area contributed by atoms with Crippen LogP contribution in [0.25, 0.3) is 0 Å². The quantitative estimate of drug-likeness (QED) is 0.0271. The van der Waals surface area contributed by atoms with Crippen molar-refractivity contribution in [1.82, 2.24) is 0 Å². The van der Waals surface area contributed by atoms with Crippen molar-refractivity contribution >= 4 is 16.4 Å². The van der Waals surface area contributed by atoms with Crippen LogP contribution < -0.4 is 0 Å². The molecule has 0 bridgehead atoms. The molecule has 0 radical (unpaired) electrons. The molecule has 1 heterocycles. The zero-order chi connectivity index (χ0) is 36.9. The van der Waals surface area contributed by atoms with Gasteiger partial charge in [0.1, 0.15) is 30.5 Å². The number of ether oxygens (including phenoxy) is 4. The number of carbonyl (C=O) groups is 1. The Morgan fingerprint density at radius 3 is 2.02 bits per heavy atom. The van der Waals surface area contributed by atoms with Gasteiger partial charge in [0.15, 0.2) is 6.29 Å². The summed E-state index contributed by atoms with van der Waals surface area (Å²) in [7, 11) is -5.05. The first-order valence-corrected chi connectivity index (χ1v) is 20.1. The minimum Gasteiger partial charge on any atom is -0.457 e. The molecule has 0 aromatic carbocycles. The number of aliphatic hydroxyl groups excluding tert-OH is 3. The second-order valence-corrected chi connectivity index (χ2v) is 13.8. The molecule has 13 heteroatoms. The van der Waals surface area contributed by atoms with Gasteiger partial charge >= 0.3 is 16.4 Å². The molecule has 6 unspecified atom stereocenters. The second kappa shape index (κ2) is 29.9. The number of esters is 1. The van der Waals surface area contributed by atoms with Crippen LogP contribution in [0, 0.1) is 0 Å². The smallest absolute Gasteiger partial charge is 0.397 e. The fourth-order valence-corrected chi connectivity index (χ4v) is 5.96. The molecule has 50 heavy (non-hydrogen) atoms. The van der Waals surface area contributed by atoms with Gasteiger partial charge in [0.05, 0.1) is 19.8 Å².